The van der Waals surface area contributed by atoms with E-state index in [9.17, 15) is 14.0 Å². The van der Waals surface area contributed by atoms with Crippen molar-refractivity contribution in [1.29, 1.82) is 0 Å². The highest BCUT2D eigenvalue weighted by Crippen LogP contribution is 2.28. The predicted octanol–water partition coefficient (Wildman–Crippen LogP) is 3.96. The molecule has 1 aliphatic carbocycles. The molecule has 1 aliphatic rings. The van der Waals surface area contributed by atoms with Crippen LogP contribution in [-0.2, 0) is 19.4 Å². The molecule has 2 amide bonds. The van der Waals surface area contributed by atoms with E-state index >= 15 is 0 Å². The fourth-order valence-electron chi connectivity index (χ4n) is 3.91. The summed E-state index contributed by atoms with van der Waals surface area (Å²) in [6.45, 7) is 4.28. The average molecular weight is 435 g/mol. The van der Waals surface area contributed by atoms with E-state index in [1.165, 1.54) is 12.1 Å². The number of carbonyl (C=O) groups excluding carboxylic acids is 2. The Morgan fingerprint density at radius 2 is 1.91 bits per heavy atom. The quantitative estimate of drug-likeness (QED) is 0.591. The minimum Gasteiger partial charge on any atom is -0.350 e. The van der Waals surface area contributed by atoms with Crippen molar-refractivity contribution in [2.75, 3.05) is 0 Å². The van der Waals surface area contributed by atoms with Crippen LogP contribution in [0.1, 0.15) is 64.4 Å². The van der Waals surface area contributed by atoms with Gasteiger partial charge in [0, 0.05) is 29.4 Å². The minimum absolute atomic E-state index is 0.101. The number of carbonyl (C=O) groups is 2. The molecule has 1 atom stereocenters. The molecule has 4 rings (SSSR count). The molecule has 3 aromatic rings. The second-order valence-electron chi connectivity index (χ2n) is 8.18. The van der Waals surface area contributed by atoms with Crippen molar-refractivity contribution in [2.45, 2.75) is 52.1 Å². The maximum atomic E-state index is 13.3. The molecular weight excluding hydrogens is 407 g/mol. The molecule has 0 spiro atoms. The van der Waals surface area contributed by atoms with Crippen molar-refractivity contribution < 1.29 is 14.0 Å². The molecule has 0 aliphatic heterocycles. The lowest BCUT2D eigenvalue weighted by Crippen LogP contribution is -2.32. The third kappa shape index (κ3) is 4.56. The number of aromatic nitrogens is 2. The first-order valence-electron chi connectivity index (χ1n) is 11.0. The highest BCUT2D eigenvalue weighted by atomic mass is 19.1. The van der Waals surface area contributed by atoms with Crippen molar-refractivity contribution in [3.8, 4) is 5.69 Å². The number of fused-ring (bicyclic) bond motifs is 1. The van der Waals surface area contributed by atoms with Crippen LogP contribution >= 0.6 is 0 Å². The second-order valence-corrected chi connectivity index (χ2v) is 8.18. The summed E-state index contributed by atoms with van der Waals surface area (Å²) in [5, 5.41) is 10.4. The average Bonchev–Trinajstić information content (AvgIpc) is 3.41. The number of halogens is 1. The molecule has 1 unspecified atom stereocenters. The van der Waals surface area contributed by atoms with Crippen LogP contribution < -0.4 is 10.6 Å². The van der Waals surface area contributed by atoms with Crippen molar-refractivity contribution in [1.82, 2.24) is 20.4 Å². The summed E-state index contributed by atoms with van der Waals surface area (Å²) in [4.78, 5) is 25.3. The highest BCUT2D eigenvalue weighted by Gasteiger charge is 2.26. The third-order valence-electron chi connectivity index (χ3n) is 5.85. The third-order valence-corrected chi connectivity index (χ3v) is 5.85. The van der Waals surface area contributed by atoms with Crippen LogP contribution in [0.25, 0.3) is 5.69 Å². The van der Waals surface area contributed by atoms with Crippen molar-refractivity contribution >= 4 is 11.8 Å². The molecule has 7 heteroatoms. The molecule has 0 saturated heterocycles. The van der Waals surface area contributed by atoms with Crippen LogP contribution in [0.5, 0.6) is 0 Å². The lowest BCUT2D eigenvalue weighted by Gasteiger charge is -2.12. The molecule has 1 aromatic heterocycles. The Balaban J connectivity index is 1.49. The first-order valence-corrected chi connectivity index (χ1v) is 11.0. The van der Waals surface area contributed by atoms with Crippen LogP contribution in [0.4, 0.5) is 4.39 Å². The van der Waals surface area contributed by atoms with E-state index in [1.807, 2.05) is 26.0 Å². The van der Waals surface area contributed by atoms with E-state index in [2.05, 4.69) is 15.7 Å². The zero-order valence-electron chi connectivity index (χ0n) is 18.3. The van der Waals surface area contributed by atoms with Gasteiger partial charge in [-0.05, 0) is 74.6 Å². The van der Waals surface area contributed by atoms with Crippen LogP contribution in [0.3, 0.4) is 0 Å². The maximum absolute atomic E-state index is 13.3. The van der Waals surface area contributed by atoms with E-state index in [-0.39, 0.29) is 23.7 Å². The molecule has 166 valence electrons. The fraction of sp³-hybridized carbons (Fsp3) is 0.320. The van der Waals surface area contributed by atoms with Crippen LogP contribution in [0, 0.1) is 5.82 Å². The van der Waals surface area contributed by atoms with Gasteiger partial charge in [0.1, 0.15) is 5.82 Å². The zero-order chi connectivity index (χ0) is 22.7. The second kappa shape index (κ2) is 9.34. The van der Waals surface area contributed by atoms with E-state index in [0.717, 1.165) is 48.2 Å². The summed E-state index contributed by atoms with van der Waals surface area (Å²) < 4.78 is 15.1. The minimum atomic E-state index is -0.310. The number of amides is 2. The standard InChI is InChI=1S/C25H27FN4O2/c1-3-16(2)28-24(31)18-7-4-6-17(14-18)15-27-25(32)23-21-8-5-9-22(21)30(29-23)20-12-10-19(26)11-13-20/h4,6-7,10-14,16H,3,5,8-9,15H2,1-2H3,(H,27,32)(H,28,31). The topological polar surface area (TPSA) is 76.0 Å². The van der Waals surface area contributed by atoms with Crippen LogP contribution in [-0.4, -0.2) is 27.6 Å². The predicted molar refractivity (Wildman–Crippen MR) is 120 cm³/mol. The Morgan fingerprint density at radius 3 is 2.66 bits per heavy atom. The summed E-state index contributed by atoms with van der Waals surface area (Å²) >= 11 is 0. The Bertz CT molecular complexity index is 1140. The van der Waals surface area contributed by atoms with Gasteiger partial charge in [-0.25, -0.2) is 9.07 Å². The lowest BCUT2D eigenvalue weighted by atomic mass is 10.1. The number of rotatable bonds is 7. The Kier molecular flexibility index (Phi) is 6.35. The van der Waals surface area contributed by atoms with Gasteiger partial charge in [-0.15, -0.1) is 0 Å². The van der Waals surface area contributed by atoms with Gasteiger partial charge < -0.3 is 10.6 Å². The van der Waals surface area contributed by atoms with Crippen LogP contribution in [0.2, 0.25) is 0 Å². The monoisotopic (exact) mass is 434 g/mol. The Labute approximate surface area is 186 Å². The Morgan fingerprint density at radius 1 is 1.12 bits per heavy atom. The fourth-order valence-corrected chi connectivity index (χ4v) is 3.91. The smallest absolute Gasteiger partial charge is 0.272 e. The highest BCUT2D eigenvalue weighted by molar-refractivity contribution is 5.95. The molecule has 1 heterocycles. The van der Waals surface area contributed by atoms with E-state index in [1.54, 1.807) is 28.9 Å². The van der Waals surface area contributed by atoms with Gasteiger partial charge in [-0.3, -0.25) is 9.59 Å². The van der Waals surface area contributed by atoms with E-state index in [4.69, 9.17) is 0 Å². The first kappa shape index (κ1) is 21.7. The van der Waals surface area contributed by atoms with E-state index in [0.29, 0.717) is 17.8 Å². The van der Waals surface area contributed by atoms with E-state index < -0.39 is 0 Å². The van der Waals surface area contributed by atoms with Gasteiger partial charge in [-0.2, -0.15) is 5.10 Å². The summed E-state index contributed by atoms with van der Waals surface area (Å²) in [5.74, 6) is -0.683. The van der Waals surface area contributed by atoms with Gasteiger partial charge in [0.15, 0.2) is 5.69 Å². The molecular formula is C25H27FN4O2. The van der Waals surface area contributed by atoms with Gasteiger partial charge in [0.2, 0.25) is 0 Å². The number of hydrogen-bond acceptors (Lipinski definition) is 3. The normalized spacial score (nSPS) is 13.5. The zero-order valence-corrected chi connectivity index (χ0v) is 18.3. The molecule has 0 fully saturated rings. The molecule has 32 heavy (non-hydrogen) atoms. The summed E-state index contributed by atoms with van der Waals surface area (Å²) in [7, 11) is 0. The SMILES string of the molecule is CCC(C)NC(=O)c1cccc(CNC(=O)c2nn(-c3ccc(F)cc3)c3c2CCC3)c1. The number of nitrogens with zero attached hydrogens (tertiary/aromatic N) is 2. The summed E-state index contributed by atoms with van der Waals surface area (Å²) in [6.07, 6.45) is 3.45. The molecule has 0 radical (unpaired) electrons. The first-order chi connectivity index (χ1) is 15.5. The van der Waals surface area contributed by atoms with Gasteiger partial charge >= 0.3 is 0 Å². The molecule has 2 aromatic carbocycles. The van der Waals surface area contributed by atoms with Crippen LogP contribution in [0.15, 0.2) is 48.5 Å². The van der Waals surface area contributed by atoms with Gasteiger partial charge in [-0.1, -0.05) is 19.1 Å². The lowest BCUT2D eigenvalue weighted by molar-refractivity contribution is 0.0935. The molecule has 2 N–H and O–H groups in total. The van der Waals surface area contributed by atoms with Crippen molar-refractivity contribution in [3.63, 3.8) is 0 Å². The summed E-state index contributed by atoms with van der Waals surface area (Å²) in [6, 6.07) is 13.5. The van der Waals surface area contributed by atoms with Crippen molar-refractivity contribution in [3.05, 3.63) is 82.4 Å². The van der Waals surface area contributed by atoms with Gasteiger partial charge in [0.25, 0.3) is 11.8 Å². The Hall–Kier alpha value is -3.48. The number of hydrogen-bond donors (Lipinski definition) is 2. The largest absolute Gasteiger partial charge is 0.350 e. The van der Waals surface area contributed by atoms with Crippen molar-refractivity contribution in [2.24, 2.45) is 0 Å². The molecule has 0 saturated carbocycles. The van der Waals surface area contributed by atoms with Gasteiger partial charge in [0.05, 0.1) is 5.69 Å². The molecule has 0 bridgehead atoms. The number of benzene rings is 2. The molecule has 6 nitrogen and oxygen atoms in total. The maximum Gasteiger partial charge on any atom is 0.272 e. The number of nitrogens with one attached hydrogen (secondary N) is 2. The summed E-state index contributed by atoms with van der Waals surface area (Å²) in [5.41, 5.74) is 4.51.